The van der Waals surface area contributed by atoms with Crippen molar-refractivity contribution in [3.8, 4) is 0 Å². The average Bonchev–Trinajstić information content (AvgIpc) is 2.08. The quantitative estimate of drug-likeness (QED) is 0.754. The number of primary amides is 1. The molecular formula is C10H12N2O. The number of rotatable bonds is 3. The van der Waals surface area contributed by atoms with E-state index in [1.807, 2.05) is 19.1 Å². The lowest BCUT2D eigenvalue weighted by atomic mass is 10.1. The molecule has 1 aromatic heterocycles. The Morgan fingerprint density at radius 3 is 3.08 bits per heavy atom. The highest BCUT2D eigenvalue weighted by atomic mass is 16.1. The average molecular weight is 176 g/mol. The Bertz CT molecular complexity index is 331. The summed E-state index contributed by atoms with van der Waals surface area (Å²) in [6.45, 7) is 1.97. The summed E-state index contributed by atoms with van der Waals surface area (Å²) in [4.78, 5) is 14.4. The highest BCUT2D eigenvalue weighted by molar-refractivity contribution is 5.76. The summed E-state index contributed by atoms with van der Waals surface area (Å²) >= 11 is 0. The van der Waals surface area contributed by atoms with Crippen LogP contribution in [0.2, 0.25) is 0 Å². The summed E-state index contributed by atoms with van der Waals surface area (Å²) in [7, 11) is 0. The molecule has 3 nitrogen and oxygen atoms in total. The summed E-state index contributed by atoms with van der Waals surface area (Å²) in [6, 6.07) is 1.90. The van der Waals surface area contributed by atoms with Crippen LogP contribution in [0.5, 0.6) is 0 Å². The van der Waals surface area contributed by atoms with Gasteiger partial charge >= 0.3 is 0 Å². The van der Waals surface area contributed by atoms with Crippen molar-refractivity contribution in [2.45, 2.75) is 13.3 Å². The minimum Gasteiger partial charge on any atom is -0.369 e. The molecule has 1 amide bonds. The Morgan fingerprint density at radius 2 is 2.46 bits per heavy atom. The van der Waals surface area contributed by atoms with E-state index in [1.165, 1.54) is 0 Å². The van der Waals surface area contributed by atoms with Gasteiger partial charge in [-0.25, -0.2) is 0 Å². The smallest absolute Gasteiger partial charge is 0.221 e. The van der Waals surface area contributed by atoms with Gasteiger partial charge in [-0.05, 0) is 24.1 Å². The summed E-state index contributed by atoms with van der Waals surface area (Å²) in [6.07, 6.45) is 7.41. The van der Waals surface area contributed by atoms with Crippen LogP contribution in [0.3, 0.4) is 0 Å². The number of hydrogen-bond donors (Lipinski definition) is 1. The summed E-state index contributed by atoms with van der Waals surface area (Å²) in [5, 5.41) is 0. The van der Waals surface area contributed by atoms with Crippen LogP contribution >= 0.6 is 0 Å². The van der Waals surface area contributed by atoms with Gasteiger partial charge in [0.05, 0.1) is 0 Å². The molecule has 0 saturated carbocycles. The number of amides is 1. The van der Waals surface area contributed by atoms with Crippen LogP contribution in [0.25, 0.3) is 6.08 Å². The van der Waals surface area contributed by atoms with Crippen LogP contribution in [-0.2, 0) is 4.79 Å². The number of aryl methyl sites for hydroxylation is 1. The Labute approximate surface area is 77.3 Å². The fourth-order valence-corrected chi connectivity index (χ4v) is 0.973. The molecule has 0 bridgehead atoms. The third-order valence-corrected chi connectivity index (χ3v) is 1.68. The number of nitrogens with zero attached hydrogens (tertiary/aromatic N) is 1. The zero-order valence-corrected chi connectivity index (χ0v) is 7.53. The first kappa shape index (κ1) is 9.45. The Balaban J connectivity index is 2.68. The van der Waals surface area contributed by atoms with Crippen molar-refractivity contribution in [2.75, 3.05) is 0 Å². The maximum absolute atomic E-state index is 10.4. The van der Waals surface area contributed by atoms with Crippen molar-refractivity contribution in [2.24, 2.45) is 5.73 Å². The van der Waals surface area contributed by atoms with Crippen LogP contribution in [-0.4, -0.2) is 10.9 Å². The molecule has 0 aromatic carbocycles. The highest BCUT2D eigenvalue weighted by Crippen LogP contribution is 2.07. The molecule has 1 rings (SSSR count). The van der Waals surface area contributed by atoms with E-state index >= 15 is 0 Å². The van der Waals surface area contributed by atoms with Gasteiger partial charge in [0, 0.05) is 18.8 Å². The molecule has 0 saturated heterocycles. The first-order valence-corrected chi connectivity index (χ1v) is 4.05. The first-order valence-electron chi connectivity index (χ1n) is 4.05. The van der Waals surface area contributed by atoms with Crippen LogP contribution in [0.15, 0.2) is 24.5 Å². The van der Waals surface area contributed by atoms with Crippen LogP contribution in [0, 0.1) is 6.92 Å². The molecule has 0 spiro atoms. The largest absolute Gasteiger partial charge is 0.369 e. The summed E-state index contributed by atoms with van der Waals surface area (Å²) < 4.78 is 0. The van der Waals surface area contributed by atoms with Gasteiger partial charge in [0.15, 0.2) is 0 Å². The molecule has 2 N–H and O–H groups in total. The number of carbonyl (C=O) groups excluding carboxylic acids is 1. The topological polar surface area (TPSA) is 56.0 Å². The predicted octanol–water partition coefficient (Wildman–Crippen LogP) is 1.28. The fourth-order valence-electron chi connectivity index (χ4n) is 0.973. The molecule has 0 aliphatic heterocycles. The van der Waals surface area contributed by atoms with E-state index in [9.17, 15) is 4.79 Å². The first-order chi connectivity index (χ1) is 6.20. The van der Waals surface area contributed by atoms with E-state index in [0.717, 1.165) is 11.1 Å². The number of nitrogens with two attached hydrogens (primary N) is 1. The monoisotopic (exact) mass is 176 g/mol. The second kappa shape index (κ2) is 4.40. The van der Waals surface area contributed by atoms with Crippen molar-refractivity contribution in [3.63, 3.8) is 0 Å². The second-order valence-electron chi connectivity index (χ2n) is 2.81. The lowest BCUT2D eigenvalue weighted by Gasteiger charge is -1.96. The zero-order valence-electron chi connectivity index (χ0n) is 7.53. The third kappa shape index (κ3) is 3.07. The van der Waals surface area contributed by atoms with Gasteiger partial charge in [-0.2, -0.15) is 0 Å². The molecule has 68 valence electrons. The standard InChI is InChI=1S/C10H12N2O/c1-8-7-12-6-5-9(8)3-2-4-10(11)13/h2-3,5-7H,4H2,1H3,(H2,11,13). The number of pyridine rings is 1. The van der Waals surface area contributed by atoms with Crippen molar-refractivity contribution in [1.29, 1.82) is 0 Å². The van der Waals surface area contributed by atoms with Crippen molar-refractivity contribution >= 4 is 12.0 Å². The van der Waals surface area contributed by atoms with Crippen LogP contribution < -0.4 is 5.73 Å². The van der Waals surface area contributed by atoms with E-state index in [2.05, 4.69) is 4.98 Å². The van der Waals surface area contributed by atoms with Crippen molar-refractivity contribution < 1.29 is 4.79 Å². The molecular weight excluding hydrogens is 164 g/mol. The van der Waals surface area contributed by atoms with Gasteiger partial charge in [0.2, 0.25) is 5.91 Å². The summed E-state index contributed by atoms with van der Waals surface area (Å²) in [5.74, 6) is -0.317. The lowest BCUT2D eigenvalue weighted by molar-refractivity contribution is -0.117. The molecule has 0 fully saturated rings. The number of aromatic nitrogens is 1. The molecule has 0 aliphatic rings. The van der Waals surface area contributed by atoms with Crippen molar-refractivity contribution in [1.82, 2.24) is 4.98 Å². The fraction of sp³-hybridized carbons (Fsp3) is 0.200. The van der Waals surface area contributed by atoms with Gasteiger partial charge in [-0.15, -0.1) is 0 Å². The van der Waals surface area contributed by atoms with Gasteiger partial charge in [0.25, 0.3) is 0 Å². The van der Waals surface area contributed by atoms with E-state index < -0.39 is 0 Å². The Kier molecular flexibility index (Phi) is 3.20. The molecule has 0 radical (unpaired) electrons. The lowest BCUT2D eigenvalue weighted by Crippen LogP contribution is -2.07. The maximum atomic E-state index is 10.4. The molecule has 13 heavy (non-hydrogen) atoms. The molecule has 0 aliphatic carbocycles. The minimum absolute atomic E-state index is 0.280. The zero-order chi connectivity index (χ0) is 9.68. The van der Waals surface area contributed by atoms with E-state index in [4.69, 9.17) is 5.73 Å². The highest BCUT2D eigenvalue weighted by Gasteiger charge is 1.92. The SMILES string of the molecule is Cc1cnccc1C=CCC(N)=O. The van der Waals surface area contributed by atoms with Gasteiger partial charge in [0.1, 0.15) is 0 Å². The maximum Gasteiger partial charge on any atom is 0.221 e. The molecule has 1 aromatic rings. The van der Waals surface area contributed by atoms with Crippen molar-refractivity contribution in [3.05, 3.63) is 35.7 Å². The van der Waals surface area contributed by atoms with E-state index in [1.54, 1.807) is 18.5 Å². The predicted molar refractivity (Wildman–Crippen MR) is 51.8 cm³/mol. The molecule has 0 unspecified atom stereocenters. The summed E-state index contributed by atoms with van der Waals surface area (Å²) in [5.41, 5.74) is 7.14. The van der Waals surface area contributed by atoms with Gasteiger partial charge < -0.3 is 5.73 Å². The van der Waals surface area contributed by atoms with Crippen LogP contribution in [0.4, 0.5) is 0 Å². The van der Waals surface area contributed by atoms with E-state index in [-0.39, 0.29) is 12.3 Å². The molecule has 0 atom stereocenters. The number of hydrogen-bond acceptors (Lipinski definition) is 2. The van der Waals surface area contributed by atoms with Gasteiger partial charge in [-0.1, -0.05) is 12.2 Å². The van der Waals surface area contributed by atoms with E-state index in [0.29, 0.717) is 0 Å². The normalized spacial score (nSPS) is 10.5. The van der Waals surface area contributed by atoms with Crippen LogP contribution in [0.1, 0.15) is 17.5 Å². The Hall–Kier alpha value is -1.64. The van der Waals surface area contributed by atoms with Gasteiger partial charge in [-0.3, -0.25) is 9.78 Å². The Morgan fingerprint density at radius 1 is 1.69 bits per heavy atom. The number of carbonyl (C=O) groups is 1. The molecule has 3 heteroatoms. The molecule has 1 heterocycles. The second-order valence-corrected chi connectivity index (χ2v) is 2.81. The third-order valence-electron chi connectivity index (χ3n) is 1.68. The minimum atomic E-state index is -0.317.